The van der Waals surface area contributed by atoms with Crippen molar-refractivity contribution < 1.29 is 22.0 Å². The molecule has 1 aromatic rings. The Balaban J connectivity index is 3.29. The van der Waals surface area contributed by atoms with Gasteiger partial charge in [-0.05, 0) is 12.2 Å². The quantitative estimate of drug-likeness (QED) is 0.361. The number of allylic oxidation sites excluding steroid dienone is 1. The van der Waals surface area contributed by atoms with Crippen molar-refractivity contribution in [3.05, 3.63) is 40.7 Å². The second-order valence-corrected chi connectivity index (χ2v) is 3.35. The normalized spacial score (nSPS) is 11.4. The van der Waals surface area contributed by atoms with E-state index in [2.05, 4.69) is 12.6 Å². The molecule has 0 aliphatic carbocycles. The Bertz CT molecular complexity index is 399. The first-order chi connectivity index (χ1) is 7.50. The van der Waals surface area contributed by atoms with Gasteiger partial charge in [-0.15, -0.1) is 0 Å². The second-order valence-electron chi connectivity index (χ2n) is 2.90. The van der Waals surface area contributed by atoms with Gasteiger partial charge in [-0.1, -0.05) is 12.2 Å². The van der Waals surface area contributed by atoms with Gasteiger partial charge in [0.05, 0.1) is 5.56 Å². The minimum Gasteiger partial charge on any atom is -0.203 e. The maximum Gasteiger partial charge on any atom is 0.200 e. The van der Waals surface area contributed by atoms with Crippen LogP contribution in [0.25, 0.3) is 6.08 Å². The van der Waals surface area contributed by atoms with E-state index >= 15 is 0 Å². The number of rotatable bonds is 3. The van der Waals surface area contributed by atoms with Gasteiger partial charge in [0.15, 0.2) is 23.3 Å². The van der Waals surface area contributed by atoms with E-state index in [-0.39, 0.29) is 0 Å². The molecular formula is C10H7F5S. The molecule has 0 N–H and O–H groups in total. The van der Waals surface area contributed by atoms with Crippen LogP contribution in [0.15, 0.2) is 6.08 Å². The van der Waals surface area contributed by atoms with E-state index in [0.717, 1.165) is 6.08 Å². The number of benzene rings is 1. The highest BCUT2D eigenvalue weighted by atomic mass is 32.1. The molecule has 0 nitrogen and oxygen atoms in total. The molecule has 6 heteroatoms. The van der Waals surface area contributed by atoms with E-state index in [4.69, 9.17) is 0 Å². The van der Waals surface area contributed by atoms with Gasteiger partial charge in [0, 0.05) is 0 Å². The molecule has 0 saturated carbocycles. The first-order valence-corrected chi connectivity index (χ1v) is 4.92. The first kappa shape index (κ1) is 13.0. The summed E-state index contributed by atoms with van der Waals surface area (Å²) in [7, 11) is 0. The van der Waals surface area contributed by atoms with Gasteiger partial charge < -0.3 is 0 Å². The van der Waals surface area contributed by atoms with Crippen LogP contribution in [-0.4, -0.2) is 5.75 Å². The molecule has 0 spiro atoms. The van der Waals surface area contributed by atoms with E-state index in [1.807, 2.05) is 0 Å². The van der Waals surface area contributed by atoms with E-state index < -0.39 is 34.6 Å². The number of hydrogen-bond donors (Lipinski definition) is 1. The Kier molecular flexibility index (Phi) is 4.35. The Morgan fingerprint density at radius 1 is 0.812 bits per heavy atom. The van der Waals surface area contributed by atoms with E-state index in [1.54, 1.807) is 0 Å². The maximum absolute atomic E-state index is 13.0. The summed E-state index contributed by atoms with van der Waals surface area (Å²) >= 11 is 3.83. The van der Waals surface area contributed by atoms with Crippen LogP contribution in [0.4, 0.5) is 22.0 Å². The Hall–Kier alpha value is -1.04. The average molecular weight is 254 g/mol. The largest absolute Gasteiger partial charge is 0.203 e. The van der Waals surface area contributed by atoms with Gasteiger partial charge in [-0.2, -0.15) is 12.6 Å². The van der Waals surface area contributed by atoms with Crippen molar-refractivity contribution in [1.82, 2.24) is 0 Å². The topological polar surface area (TPSA) is 0 Å². The minimum atomic E-state index is -2.15. The van der Waals surface area contributed by atoms with Crippen LogP contribution >= 0.6 is 12.6 Å². The highest BCUT2D eigenvalue weighted by Gasteiger charge is 2.23. The summed E-state index contributed by atoms with van der Waals surface area (Å²) in [5, 5.41) is 0. The Morgan fingerprint density at radius 3 is 1.69 bits per heavy atom. The minimum absolute atomic E-state index is 0.364. The molecular weight excluding hydrogens is 247 g/mol. The lowest BCUT2D eigenvalue weighted by Crippen LogP contribution is -2.03. The van der Waals surface area contributed by atoms with Crippen LogP contribution in [0.1, 0.15) is 12.0 Å². The monoisotopic (exact) mass is 254 g/mol. The van der Waals surface area contributed by atoms with Crippen molar-refractivity contribution in [2.75, 3.05) is 5.75 Å². The molecule has 0 atom stereocenters. The molecule has 1 rings (SSSR count). The molecule has 88 valence electrons. The van der Waals surface area contributed by atoms with Gasteiger partial charge in [0.2, 0.25) is 5.82 Å². The van der Waals surface area contributed by atoms with Crippen LogP contribution in [0.2, 0.25) is 0 Å². The lowest BCUT2D eigenvalue weighted by Gasteiger charge is -2.03. The molecule has 0 amide bonds. The van der Waals surface area contributed by atoms with E-state index in [0.29, 0.717) is 12.2 Å². The number of halogens is 5. The molecule has 1 aromatic carbocycles. The van der Waals surface area contributed by atoms with Crippen LogP contribution in [-0.2, 0) is 0 Å². The summed E-state index contributed by atoms with van der Waals surface area (Å²) in [5.74, 6) is -9.28. The van der Waals surface area contributed by atoms with Crippen LogP contribution in [0.3, 0.4) is 0 Å². The number of hydrogen-bond acceptors (Lipinski definition) is 1. The zero-order valence-electron chi connectivity index (χ0n) is 7.91. The van der Waals surface area contributed by atoms with Crippen molar-refractivity contribution in [1.29, 1.82) is 0 Å². The van der Waals surface area contributed by atoms with Crippen LogP contribution < -0.4 is 0 Å². The molecule has 0 aromatic heterocycles. The molecule has 0 aliphatic heterocycles. The summed E-state index contributed by atoms with van der Waals surface area (Å²) in [4.78, 5) is 0. The lowest BCUT2D eigenvalue weighted by molar-refractivity contribution is 0.377. The van der Waals surface area contributed by atoms with Crippen LogP contribution in [0, 0.1) is 29.1 Å². The Morgan fingerprint density at radius 2 is 1.25 bits per heavy atom. The highest BCUT2D eigenvalue weighted by molar-refractivity contribution is 7.80. The summed E-state index contributed by atoms with van der Waals surface area (Å²) in [6, 6.07) is 0. The molecule has 0 saturated heterocycles. The molecule has 0 fully saturated rings. The predicted molar refractivity (Wildman–Crippen MR) is 53.7 cm³/mol. The molecule has 16 heavy (non-hydrogen) atoms. The molecule has 0 heterocycles. The summed E-state index contributed by atoms with van der Waals surface area (Å²) in [5.41, 5.74) is -0.932. The first-order valence-electron chi connectivity index (χ1n) is 4.29. The molecule has 0 radical (unpaired) electrons. The van der Waals surface area contributed by atoms with Crippen molar-refractivity contribution in [3.63, 3.8) is 0 Å². The maximum atomic E-state index is 13.0. The van der Waals surface area contributed by atoms with Crippen molar-refractivity contribution >= 4 is 18.7 Å². The van der Waals surface area contributed by atoms with Crippen molar-refractivity contribution in [2.24, 2.45) is 0 Å². The van der Waals surface area contributed by atoms with Gasteiger partial charge >= 0.3 is 0 Å². The van der Waals surface area contributed by atoms with Gasteiger partial charge in [0.1, 0.15) is 0 Å². The average Bonchev–Trinajstić information content (AvgIpc) is 2.28. The zero-order chi connectivity index (χ0) is 12.3. The molecule has 0 unspecified atom stereocenters. The Labute approximate surface area is 94.2 Å². The third-order valence-electron chi connectivity index (χ3n) is 1.82. The standard InChI is InChI=1S/C10H7F5S/c11-6-5(3-1-2-4-16)7(12)9(14)10(15)8(6)13/h1,3,16H,2,4H2. The third kappa shape index (κ3) is 2.37. The molecule has 0 bridgehead atoms. The third-order valence-corrected chi connectivity index (χ3v) is 2.08. The lowest BCUT2D eigenvalue weighted by atomic mass is 10.1. The fraction of sp³-hybridized carbons (Fsp3) is 0.200. The predicted octanol–water partition coefficient (Wildman–Crippen LogP) is 3.72. The summed E-state index contributed by atoms with van der Waals surface area (Å²) in [6.07, 6.45) is 2.50. The second kappa shape index (κ2) is 5.34. The molecule has 0 aliphatic rings. The SMILES string of the molecule is Fc1c(F)c(F)c(C=CCCS)c(F)c1F. The van der Waals surface area contributed by atoms with Gasteiger partial charge in [-0.25, -0.2) is 22.0 Å². The van der Waals surface area contributed by atoms with Gasteiger partial charge in [-0.3, -0.25) is 0 Å². The smallest absolute Gasteiger partial charge is 0.200 e. The van der Waals surface area contributed by atoms with E-state index in [9.17, 15) is 22.0 Å². The van der Waals surface area contributed by atoms with Crippen molar-refractivity contribution in [2.45, 2.75) is 6.42 Å². The fourth-order valence-electron chi connectivity index (χ4n) is 1.04. The van der Waals surface area contributed by atoms with Gasteiger partial charge in [0.25, 0.3) is 0 Å². The zero-order valence-corrected chi connectivity index (χ0v) is 8.80. The van der Waals surface area contributed by atoms with Crippen LogP contribution in [0.5, 0.6) is 0 Å². The fourth-order valence-corrected chi connectivity index (χ4v) is 1.19. The van der Waals surface area contributed by atoms with E-state index in [1.165, 1.54) is 6.08 Å². The van der Waals surface area contributed by atoms with Crippen molar-refractivity contribution in [3.8, 4) is 0 Å². The summed E-state index contributed by atoms with van der Waals surface area (Å²) < 4.78 is 64.1. The highest BCUT2D eigenvalue weighted by Crippen LogP contribution is 2.23. The summed E-state index contributed by atoms with van der Waals surface area (Å²) in [6.45, 7) is 0. The number of thiol groups is 1.